The fourth-order valence-electron chi connectivity index (χ4n) is 2.01. The molecule has 5 nitrogen and oxygen atoms in total. The predicted molar refractivity (Wildman–Crippen MR) is 83.7 cm³/mol. The summed E-state index contributed by atoms with van der Waals surface area (Å²) in [5.41, 5.74) is 1.37. The van der Waals surface area contributed by atoms with Gasteiger partial charge in [-0.2, -0.15) is 0 Å². The molecule has 0 saturated heterocycles. The summed E-state index contributed by atoms with van der Waals surface area (Å²) in [6, 6.07) is 12.6. The lowest BCUT2D eigenvalue weighted by molar-refractivity contribution is 0.0963. The molecule has 5 heteroatoms. The third-order valence-electron chi connectivity index (χ3n) is 3.22. The van der Waals surface area contributed by atoms with E-state index in [1.54, 1.807) is 39.5 Å². The number of amides is 1. The van der Waals surface area contributed by atoms with Gasteiger partial charge in [0.1, 0.15) is 23.9 Å². The molecule has 2 rings (SSSR count). The maximum absolute atomic E-state index is 11.7. The Labute approximate surface area is 129 Å². The van der Waals surface area contributed by atoms with Crippen molar-refractivity contribution in [2.24, 2.45) is 0 Å². The van der Waals surface area contributed by atoms with Gasteiger partial charge in [0.05, 0.1) is 14.2 Å². The lowest BCUT2D eigenvalue weighted by atomic mass is 10.1. The van der Waals surface area contributed by atoms with Crippen molar-refractivity contribution in [3.05, 3.63) is 53.6 Å². The molecule has 0 saturated carbocycles. The molecular formula is C17H19NO4. The van der Waals surface area contributed by atoms with Gasteiger partial charge in [-0.25, -0.2) is 0 Å². The van der Waals surface area contributed by atoms with Gasteiger partial charge in [0.25, 0.3) is 5.91 Å². The molecule has 2 aromatic rings. The highest BCUT2D eigenvalue weighted by Gasteiger charge is 2.10. The van der Waals surface area contributed by atoms with E-state index in [-0.39, 0.29) is 5.91 Å². The van der Waals surface area contributed by atoms with Crippen LogP contribution in [0.15, 0.2) is 42.5 Å². The van der Waals surface area contributed by atoms with E-state index in [4.69, 9.17) is 14.2 Å². The molecule has 0 radical (unpaired) electrons. The third kappa shape index (κ3) is 3.69. The van der Waals surface area contributed by atoms with Crippen molar-refractivity contribution in [2.75, 3.05) is 21.3 Å². The van der Waals surface area contributed by atoms with Crippen LogP contribution >= 0.6 is 0 Å². The van der Waals surface area contributed by atoms with Crippen molar-refractivity contribution in [3.8, 4) is 17.2 Å². The van der Waals surface area contributed by atoms with Gasteiger partial charge in [0, 0.05) is 18.2 Å². The largest absolute Gasteiger partial charge is 0.497 e. The second-order valence-corrected chi connectivity index (χ2v) is 4.57. The Kier molecular flexibility index (Phi) is 5.25. The normalized spacial score (nSPS) is 9.95. The summed E-state index contributed by atoms with van der Waals surface area (Å²) in [5, 5.41) is 2.60. The second kappa shape index (κ2) is 7.36. The van der Waals surface area contributed by atoms with Crippen LogP contribution in [-0.2, 0) is 6.61 Å². The van der Waals surface area contributed by atoms with Crippen molar-refractivity contribution in [1.82, 2.24) is 5.32 Å². The van der Waals surface area contributed by atoms with E-state index in [1.807, 2.05) is 24.3 Å². The van der Waals surface area contributed by atoms with E-state index in [0.717, 1.165) is 11.3 Å². The van der Waals surface area contributed by atoms with E-state index in [0.29, 0.717) is 23.7 Å². The Morgan fingerprint density at radius 2 is 1.68 bits per heavy atom. The average molecular weight is 301 g/mol. The van der Waals surface area contributed by atoms with Crippen molar-refractivity contribution in [1.29, 1.82) is 0 Å². The first kappa shape index (κ1) is 15.7. The number of benzene rings is 2. The molecule has 1 amide bonds. The van der Waals surface area contributed by atoms with Gasteiger partial charge in [-0.1, -0.05) is 0 Å². The number of nitrogens with one attached hydrogen (secondary N) is 1. The molecule has 0 spiro atoms. The summed E-state index contributed by atoms with van der Waals surface area (Å²) in [6.07, 6.45) is 0. The highest BCUT2D eigenvalue weighted by molar-refractivity contribution is 5.94. The minimum Gasteiger partial charge on any atom is -0.497 e. The van der Waals surface area contributed by atoms with Crippen molar-refractivity contribution in [2.45, 2.75) is 6.61 Å². The Morgan fingerprint density at radius 3 is 2.27 bits per heavy atom. The van der Waals surface area contributed by atoms with Crippen molar-refractivity contribution < 1.29 is 19.0 Å². The fraction of sp³-hybridized carbons (Fsp3) is 0.235. The van der Waals surface area contributed by atoms with Crippen molar-refractivity contribution >= 4 is 5.91 Å². The van der Waals surface area contributed by atoms with Crippen LogP contribution in [0.2, 0.25) is 0 Å². The number of carbonyl (C=O) groups excluding carboxylic acids is 1. The number of ether oxygens (including phenoxy) is 3. The lowest BCUT2D eigenvalue weighted by Crippen LogP contribution is -2.18. The Bertz CT molecular complexity index is 638. The first-order chi connectivity index (χ1) is 10.7. The monoisotopic (exact) mass is 301 g/mol. The summed E-state index contributed by atoms with van der Waals surface area (Å²) < 4.78 is 16.1. The molecule has 0 atom stereocenters. The topological polar surface area (TPSA) is 56.8 Å². The molecule has 0 aliphatic carbocycles. The van der Waals surface area contributed by atoms with E-state index >= 15 is 0 Å². The van der Waals surface area contributed by atoms with E-state index in [1.165, 1.54) is 0 Å². The fourth-order valence-corrected chi connectivity index (χ4v) is 2.01. The molecular weight excluding hydrogens is 282 g/mol. The first-order valence-electron chi connectivity index (χ1n) is 6.83. The molecule has 0 aromatic heterocycles. The maximum Gasteiger partial charge on any atom is 0.251 e. The maximum atomic E-state index is 11.7. The Balaban J connectivity index is 2.14. The average Bonchev–Trinajstić information content (AvgIpc) is 2.59. The van der Waals surface area contributed by atoms with Crippen molar-refractivity contribution in [3.63, 3.8) is 0 Å². The molecule has 116 valence electrons. The van der Waals surface area contributed by atoms with E-state index in [9.17, 15) is 4.79 Å². The van der Waals surface area contributed by atoms with Crippen LogP contribution in [0, 0.1) is 0 Å². The van der Waals surface area contributed by atoms with Crippen LogP contribution in [0.3, 0.4) is 0 Å². The summed E-state index contributed by atoms with van der Waals surface area (Å²) in [4.78, 5) is 11.7. The molecule has 0 fully saturated rings. The molecule has 0 bridgehead atoms. The Hall–Kier alpha value is -2.69. The first-order valence-corrected chi connectivity index (χ1v) is 6.83. The smallest absolute Gasteiger partial charge is 0.251 e. The van der Waals surface area contributed by atoms with Gasteiger partial charge in [0.15, 0.2) is 0 Å². The highest BCUT2D eigenvalue weighted by atomic mass is 16.5. The zero-order valence-electron chi connectivity index (χ0n) is 12.9. The zero-order chi connectivity index (χ0) is 15.9. The van der Waals surface area contributed by atoms with Gasteiger partial charge in [0.2, 0.25) is 0 Å². The van der Waals surface area contributed by atoms with Gasteiger partial charge >= 0.3 is 0 Å². The summed E-state index contributed by atoms with van der Waals surface area (Å²) in [6.45, 7) is 0.306. The number of carbonyl (C=O) groups is 1. The number of hydrogen-bond acceptors (Lipinski definition) is 4. The predicted octanol–water partition coefficient (Wildman–Crippen LogP) is 2.64. The van der Waals surface area contributed by atoms with Crippen LogP contribution in [-0.4, -0.2) is 27.2 Å². The van der Waals surface area contributed by atoms with Crippen LogP contribution < -0.4 is 19.5 Å². The van der Waals surface area contributed by atoms with Crippen LogP contribution in [0.5, 0.6) is 17.2 Å². The molecule has 22 heavy (non-hydrogen) atoms. The van der Waals surface area contributed by atoms with Gasteiger partial charge in [-0.15, -0.1) is 0 Å². The summed E-state index contributed by atoms with van der Waals surface area (Å²) in [7, 11) is 4.80. The zero-order valence-corrected chi connectivity index (χ0v) is 12.9. The van der Waals surface area contributed by atoms with Gasteiger partial charge in [-0.3, -0.25) is 4.79 Å². The highest BCUT2D eigenvalue weighted by Crippen LogP contribution is 2.23. The number of rotatable bonds is 6. The van der Waals surface area contributed by atoms with Crippen LogP contribution in [0.25, 0.3) is 0 Å². The summed E-state index contributed by atoms with van der Waals surface area (Å²) >= 11 is 0. The van der Waals surface area contributed by atoms with Gasteiger partial charge in [-0.05, 0) is 42.5 Å². The molecule has 0 unspecified atom stereocenters. The Morgan fingerprint density at radius 1 is 1.00 bits per heavy atom. The molecule has 0 aliphatic heterocycles. The minimum atomic E-state index is -0.145. The van der Waals surface area contributed by atoms with Crippen LogP contribution in [0.1, 0.15) is 15.9 Å². The van der Waals surface area contributed by atoms with Gasteiger partial charge < -0.3 is 19.5 Å². The minimum absolute atomic E-state index is 0.145. The number of hydrogen-bond donors (Lipinski definition) is 1. The number of methoxy groups -OCH3 is 2. The third-order valence-corrected chi connectivity index (χ3v) is 3.22. The second-order valence-electron chi connectivity index (χ2n) is 4.57. The quantitative estimate of drug-likeness (QED) is 0.891. The van der Waals surface area contributed by atoms with E-state index < -0.39 is 0 Å². The standard InChI is InChI=1S/C17H19NO4/c1-18-17(19)12-4-9-16(21-3)13(10-12)11-22-15-7-5-14(20-2)6-8-15/h4-10H,11H2,1-3H3,(H,18,19). The summed E-state index contributed by atoms with van der Waals surface area (Å²) in [5.74, 6) is 2.02. The molecule has 0 aliphatic rings. The molecule has 2 aromatic carbocycles. The van der Waals surface area contributed by atoms with Crippen LogP contribution in [0.4, 0.5) is 0 Å². The SMILES string of the molecule is CNC(=O)c1ccc(OC)c(COc2ccc(OC)cc2)c1. The molecule has 0 heterocycles. The van der Waals surface area contributed by atoms with E-state index in [2.05, 4.69) is 5.32 Å². The lowest BCUT2D eigenvalue weighted by Gasteiger charge is -2.12. The molecule has 1 N–H and O–H groups in total.